The summed E-state index contributed by atoms with van der Waals surface area (Å²) in [5.41, 5.74) is 4.95. The molecular weight excluding hydrogens is 418 g/mol. The van der Waals surface area contributed by atoms with E-state index in [1.54, 1.807) is 23.1 Å². The first-order chi connectivity index (χ1) is 14.0. The Bertz CT molecular complexity index is 921. The first-order valence-electron chi connectivity index (χ1n) is 9.50. The lowest BCUT2D eigenvalue weighted by Gasteiger charge is -2.06. The van der Waals surface area contributed by atoms with E-state index in [4.69, 9.17) is 0 Å². The summed E-state index contributed by atoms with van der Waals surface area (Å²) < 4.78 is 1.76. The summed E-state index contributed by atoms with van der Waals surface area (Å²) in [6.45, 7) is 7.00. The molecule has 1 heterocycles. The Labute approximate surface area is 184 Å². The van der Waals surface area contributed by atoms with Crippen molar-refractivity contribution in [3.8, 4) is 0 Å². The number of amides is 1. The molecule has 0 aliphatic carbocycles. The highest BCUT2D eigenvalue weighted by Crippen LogP contribution is 2.30. The second kappa shape index (κ2) is 10.8. The van der Waals surface area contributed by atoms with Crippen molar-refractivity contribution in [3.63, 3.8) is 0 Å². The lowest BCUT2D eigenvalue weighted by molar-refractivity contribution is -0.118. The second-order valence-electron chi connectivity index (χ2n) is 7.07. The topological polar surface area (TPSA) is 54.9 Å². The fraction of sp³-hybridized carbons (Fsp3) is 0.318. The van der Waals surface area contributed by atoms with Crippen LogP contribution >= 0.6 is 34.9 Å². The SMILES string of the molecule is Cc1ccc(CNC(=O)CSc2nnc(SCc3ccc(C(C)C)cc3)s2)cc1. The number of carbonyl (C=O) groups is 1. The number of nitrogens with zero attached hydrogens (tertiary/aromatic N) is 2. The Balaban J connectivity index is 1.40. The molecule has 7 heteroatoms. The van der Waals surface area contributed by atoms with Gasteiger partial charge < -0.3 is 5.32 Å². The molecule has 1 amide bonds. The van der Waals surface area contributed by atoms with Crippen LogP contribution in [0.4, 0.5) is 0 Å². The summed E-state index contributed by atoms with van der Waals surface area (Å²) in [4.78, 5) is 12.1. The van der Waals surface area contributed by atoms with Crippen molar-refractivity contribution in [2.75, 3.05) is 5.75 Å². The highest BCUT2D eigenvalue weighted by Gasteiger charge is 2.09. The molecule has 0 aliphatic rings. The number of hydrogen-bond donors (Lipinski definition) is 1. The predicted octanol–water partition coefficient (Wildman–Crippen LogP) is 5.67. The molecule has 0 saturated heterocycles. The van der Waals surface area contributed by atoms with Crippen molar-refractivity contribution < 1.29 is 4.79 Å². The van der Waals surface area contributed by atoms with Crippen LogP contribution in [0.1, 0.15) is 42.0 Å². The minimum Gasteiger partial charge on any atom is -0.351 e. The van der Waals surface area contributed by atoms with Gasteiger partial charge in [0, 0.05) is 12.3 Å². The molecule has 3 rings (SSSR count). The molecule has 1 aromatic heterocycles. The number of nitrogens with one attached hydrogen (secondary N) is 1. The van der Waals surface area contributed by atoms with Crippen molar-refractivity contribution in [1.29, 1.82) is 0 Å². The molecule has 0 unspecified atom stereocenters. The van der Waals surface area contributed by atoms with Crippen molar-refractivity contribution in [1.82, 2.24) is 15.5 Å². The number of aryl methyl sites for hydroxylation is 1. The molecule has 0 bridgehead atoms. The van der Waals surface area contributed by atoms with Gasteiger partial charge in [0.2, 0.25) is 5.91 Å². The fourth-order valence-electron chi connectivity index (χ4n) is 2.54. The largest absolute Gasteiger partial charge is 0.351 e. The van der Waals surface area contributed by atoms with E-state index in [0.717, 1.165) is 20.0 Å². The molecule has 29 heavy (non-hydrogen) atoms. The predicted molar refractivity (Wildman–Crippen MR) is 124 cm³/mol. The fourth-order valence-corrected chi connectivity index (χ4v) is 5.35. The third kappa shape index (κ3) is 7.17. The first kappa shape index (κ1) is 21.9. The van der Waals surface area contributed by atoms with Crippen molar-refractivity contribution >= 4 is 40.8 Å². The zero-order valence-electron chi connectivity index (χ0n) is 16.8. The molecule has 4 nitrogen and oxygen atoms in total. The molecule has 0 saturated carbocycles. The van der Waals surface area contributed by atoms with Gasteiger partial charge in [0.25, 0.3) is 0 Å². The highest BCUT2D eigenvalue weighted by molar-refractivity contribution is 8.03. The van der Waals surface area contributed by atoms with Crippen LogP contribution in [-0.2, 0) is 17.1 Å². The number of benzene rings is 2. The lowest BCUT2D eigenvalue weighted by atomic mass is 10.0. The van der Waals surface area contributed by atoms with Crippen LogP contribution in [0.15, 0.2) is 57.2 Å². The van der Waals surface area contributed by atoms with Crippen LogP contribution in [0.2, 0.25) is 0 Å². The van der Waals surface area contributed by atoms with E-state index in [0.29, 0.717) is 18.2 Å². The molecule has 2 aromatic carbocycles. The summed E-state index contributed by atoms with van der Waals surface area (Å²) in [5, 5.41) is 11.4. The van der Waals surface area contributed by atoms with Crippen LogP contribution in [0.25, 0.3) is 0 Å². The van der Waals surface area contributed by atoms with Gasteiger partial charge in [-0.1, -0.05) is 103 Å². The summed E-state index contributed by atoms with van der Waals surface area (Å²) in [6.07, 6.45) is 0. The smallest absolute Gasteiger partial charge is 0.230 e. The normalized spacial score (nSPS) is 11.0. The molecule has 0 fully saturated rings. The van der Waals surface area contributed by atoms with E-state index in [1.807, 2.05) is 12.1 Å². The van der Waals surface area contributed by atoms with Crippen LogP contribution in [0.5, 0.6) is 0 Å². The second-order valence-corrected chi connectivity index (χ2v) is 10.5. The number of aromatic nitrogens is 2. The van der Waals surface area contributed by atoms with Gasteiger partial charge in [0.1, 0.15) is 0 Å². The molecule has 0 spiro atoms. The Morgan fingerprint density at radius 2 is 1.59 bits per heavy atom. The van der Waals surface area contributed by atoms with Gasteiger partial charge in [0.05, 0.1) is 5.75 Å². The van der Waals surface area contributed by atoms with Gasteiger partial charge in [-0.05, 0) is 29.5 Å². The molecule has 0 radical (unpaired) electrons. The molecule has 1 N–H and O–H groups in total. The van der Waals surface area contributed by atoms with Gasteiger partial charge in [-0.25, -0.2) is 0 Å². The first-order valence-corrected chi connectivity index (χ1v) is 12.3. The van der Waals surface area contributed by atoms with Crippen molar-refractivity contribution in [2.24, 2.45) is 0 Å². The number of hydrogen-bond acceptors (Lipinski definition) is 6. The van der Waals surface area contributed by atoms with E-state index in [2.05, 4.69) is 72.7 Å². The summed E-state index contributed by atoms with van der Waals surface area (Å²) >= 11 is 4.66. The van der Waals surface area contributed by atoms with Gasteiger partial charge >= 0.3 is 0 Å². The van der Waals surface area contributed by atoms with Crippen LogP contribution in [0, 0.1) is 6.92 Å². The Morgan fingerprint density at radius 3 is 2.24 bits per heavy atom. The van der Waals surface area contributed by atoms with Gasteiger partial charge in [-0.3, -0.25) is 4.79 Å². The Morgan fingerprint density at radius 1 is 0.966 bits per heavy atom. The average Bonchev–Trinajstić information content (AvgIpc) is 3.18. The number of thioether (sulfide) groups is 2. The maximum Gasteiger partial charge on any atom is 0.230 e. The van der Waals surface area contributed by atoms with E-state index in [1.165, 1.54) is 28.5 Å². The minimum absolute atomic E-state index is 0.00483. The van der Waals surface area contributed by atoms with Crippen LogP contribution in [-0.4, -0.2) is 21.9 Å². The number of rotatable bonds is 9. The minimum atomic E-state index is 0.00483. The van der Waals surface area contributed by atoms with Gasteiger partial charge in [-0.15, -0.1) is 10.2 Å². The van der Waals surface area contributed by atoms with Gasteiger partial charge in [0.15, 0.2) is 8.68 Å². The summed E-state index contributed by atoms with van der Waals surface area (Å²) in [7, 11) is 0. The maximum atomic E-state index is 12.1. The van der Waals surface area contributed by atoms with Crippen LogP contribution in [0.3, 0.4) is 0 Å². The van der Waals surface area contributed by atoms with E-state index < -0.39 is 0 Å². The van der Waals surface area contributed by atoms with Gasteiger partial charge in [-0.2, -0.15) is 0 Å². The van der Waals surface area contributed by atoms with E-state index in [-0.39, 0.29) is 5.91 Å². The van der Waals surface area contributed by atoms with Crippen LogP contribution < -0.4 is 5.32 Å². The molecule has 0 atom stereocenters. The molecular formula is C22H25N3OS3. The standard InChI is InChI=1S/C22H25N3OS3/c1-15(2)19-10-8-18(9-11-19)13-27-21-24-25-22(29-21)28-14-20(26)23-12-17-6-4-16(3)5-7-17/h4-11,15H,12-14H2,1-3H3,(H,23,26). The lowest BCUT2D eigenvalue weighted by Crippen LogP contribution is -2.24. The average molecular weight is 444 g/mol. The molecule has 152 valence electrons. The van der Waals surface area contributed by atoms with E-state index in [9.17, 15) is 4.79 Å². The quantitative estimate of drug-likeness (QED) is 0.432. The highest BCUT2D eigenvalue weighted by atomic mass is 32.2. The zero-order valence-corrected chi connectivity index (χ0v) is 19.3. The van der Waals surface area contributed by atoms with Crippen molar-refractivity contribution in [3.05, 3.63) is 70.8 Å². The Kier molecular flexibility index (Phi) is 8.15. The maximum absolute atomic E-state index is 12.1. The Hall–Kier alpha value is -1.83. The van der Waals surface area contributed by atoms with Crippen molar-refractivity contribution in [2.45, 2.75) is 47.7 Å². The monoisotopic (exact) mass is 443 g/mol. The number of carbonyl (C=O) groups excluding carboxylic acids is 1. The third-order valence-electron chi connectivity index (χ3n) is 4.33. The molecule has 0 aliphatic heterocycles. The van der Waals surface area contributed by atoms with E-state index >= 15 is 0 Å². The zero-order chi connectivity index (χ0) is 20.6. The molecule has 3 aromatic rings. The summed E-state index contributed by atoms with van der Waals surface area (Å²) in [6, 6.07) is 16.9. The summed E-state index contributed by atoms with van der Waals surface area (Å²) in [5.74, 6) is 1.77. The third-order valence-corrected chi connectivity index (χ3v) is 7.59.